The van der Waals surface area contributed by atoms with E-state index in [9.17, 15) is 9.59 Å². The third-order valence-electron chi connectivity index (χ3n) is 1.29. The zero-order valence-electron chi connectivity index (χ0n) is 7.87. The highest BCUT2D eigenvalue weighted by Gasteiger charge is 2.10. The number of aliphatic carboxylic acids is 1. The first kappa shape index (κ1) is 11.9. The van der Waals surface area contributed by atoms with Crippen LogP contribution >= 0.6 is 0 Å². The molecule has 0 rings (SSSR count). The van der Waals surface area contributed by atoms with Crippen LogP contribution in [0, 0.1) is 0 Å². The van der Waals surface area contributed by atoms with Crippen molar-refractivity contribution in [2.75, 3.05) is 13.2 Å². The number of hydrogen-bond donors (Lipinski definition) is 2. The highest BCUT2D eigenvalue weighted by molar-refractivity contribution is 5.93. The molecule has 1 amide bonds. The normalized spacial score (nSPS) is 12.2. The van der Waals surface area contributed by atoms with Crippen LogP contribution in [0.15, 0.2) is 0 Å². The minimum atomic E-state index is -1.12. The summed E-state index contributed by atoms with van der Waals surface area (Å²) < 4.78 is 5.04. The molecule has 0 aromatic rings. The van der Waals surface area contributed by atoms with Gasteiger partial charge < -0.3 is 15.2 Å². The highest BCUT2D eigenvalue weighted by atomic mass is 16.5. The molecule has 0 heterocycles. The van der Waals surface area contributed by atoms with Crippen molar-refractivity contribution in [3.63, 3.8) is 0 Å². The summed E-state index contributed by atoms with van der Waals surface area (Å²) in [5.74, 6) is -1.61. The van der Waals surface area contributed by atoms with Crippen LogP contribution in [0.3, 0.4) is 0 Å². The molecule has 0 aromatic heterocycles. The first-order chi connectivity index (χ1) is 6.06. The lowest BCUT2D eigenvalue weighted by Crippen LogP contribution is -2.36. The molecule has 76 valence electrons. The van der Waals surface area contributed by atoms with Crippen molar-refractivity contribution in [1.82, 2.24) is 5.32 Å². The van der Waals surface area contributed by atoms with E-state index >= 15 is 0 Å². The minimum Gasteiger partial charge on any atom is -0.481 e. The Morgan fingerprint density at radius 3 is 2.62 bits per heavy atom. The average molecular weight is 189 g/mol. The molecular formula is C8H15NO4. The van der Waals surface area contributed by atoms with Gasteiger partial charge in [0.15, 0.2) is 0 Å². The van der Waals surface area contributed by atoms with E-state index < -0.39 is 18.3 Å². The number of carboxylic acid groups (broad SMARTS) is 1. The van der Waals surface area contributed by atoms with Crippen LogP contribution < -0.4 is 5.32 Å². The molecule has 0 saturated carbocycles. The van der Waals surface area contributed by atoms with Gasteiger partial charge in [-0.1, -0.05) is 0 Å². The number of carboxylic acids is 1. The number of amides is 1. The maximum absolute atomic E-state index is 10.9. The molecule has 1 unspecified atom stereocenters. The number of hydrogen-bond acceptors (Lipinski definition) is 3. The number of nitrogens with one attached hydrogen (secondary N) is 1. The molecule has 0 aromatic carbocycles. The van der Waals surface area contributed by atoms with Crippen molar-refractivity contribution in [3.8, 4) is 0 Å². The molecular weight excluding hydrogens is 174 g/mol. The second kappa shape index (κ2) is 6.42. The molecule has 13 heavy (non-hydrogen) atoms. The van der Waals surface area contributed by atoms with Gasteiger partial charge in [-0.25, -0.2) is 0 Å². The third kappa shape index (κ3) is 7.27. The van der Waals surface area contributed by atoms with E-state index in [0.717, 1.165) is 0 Å². The van der Waals surface area contributed by atoms with Gasteiger partial charge in [0.25, 0.3) is 0 Å². The van der Waals surface area contributed by atoms with Gasteiger partial charge >= 0.3 is 5.97 Å². The van der Waals surface area contributed by atoms with Gasteiger partial charge in [-0.2, -0.15) is 0 Å². The van der Waals surface area contributed by atoms with Crippen molar-refractivity contribution < 1.29 is 19.4 Å². The van der Waals surface area contributed by atoms with Crippen LogP contribution in [-0.2, 0) is 14.3 Å². The first-order valence-electron chi connectivity index (χ1n) is 4.15. The van der Waals surface area contributed by atoms with Crippen LogP contribution in [0.25, 0.3) is 0 Å². The molecule has 5 heteroatoms. The van der Waals surface area contributed by atoms with Crippen molar-refractivity contribution >= 4 is 11.9 Å². The lowest BCUT2D eigenvalue weighted by atomic mass is 10.3. The summed E-state index contributed by atoms with van der Waals surface area (Å²) in [5, 5.41) is 10.8. The van der Waals surface area contributed by atoms with Crippen molar-refractivity contribution in [3.05, 3.63) is 0 Å². The smallest absolute Gasteiger partial charge is 0.312 e. The Morgan fingerprint density at radius 1 is 1.54 bits per heavy atom. The van der Waals surface area contributed by atoms with Crippen LogP contribution in [0.4, 0.5) is 0 Å². The summed E-state index contributed by atoms with van der Waals surface area (Å²) in [7, 11) is 0. The van der Waals surface area contributed by atoms with Crippen molar-refractivity contribution in [2.45, 2.75) is 26.3 Å². The fourth-order valence-electron chi connectivity index (χ4n) is 0.799. The molecule has 5 nitrogen and oxygen atoms in total. The molecule has 0 aliphatic heterocycles. The Balaban J connectivity index is 3.59. The summed E-state index contributed by atoms with van der Waals surface area (Å²) >= 11 is 0. The Labute approximate surface area is 77.1 Å². The van der Waals surface area contributed by atoms with Crippen LogP contribution in [0.2, 0.25) is 0 Å². The second-order valence-electron chi connectivity index (χ2n) is 2.70. The summed E-state index contributed by atoms with van der Waals surface area (Å²) in [4.78, 5) is 21.0. The molecule has 1 atom stereocenters. The zero-order valence-corrected chi connectivity index (χ0v) is 7.87. The fourth-order valence-corrected chi connectivity index (χ4v) is 0.799. The second-order valence-corrected chi connectivity index (χ2v) is 2.70. The van der Waals surface area contributed by atoms with E-state index in [4.69, 9.17) is 9.84 Å². The largest absolute Gasteiger partial charge is 0.481 e. The van der Waals surface area contributed by atoms with E-state index in [2.05, 4.69) is 5.32 Å². The minimum absolute atomic E-state index is 0.146. The van der Waals surface area contributed by atoms with E-state index in [0.29, 0.717) is 13.2 Å². The van der Waals surface area contributed by atoms with Crippen LogP contribution in [0.1, 0.15) is 20.3 Å². The SMILES string of the molecule is CCOCC(C)NC(=O)CC(=O)O. The standard InChI is InChI=1S/C8H15NO4/c1-3-13-5-6(2)9-7(10)4-8(11)12/h6H,3-5H2,1-2H3,(H,9,10)(H,11,12). The lowest BCUT2D eigenvalue weighted by molar-refractivity contribution is -0.140. The van der Waals surface area contributed by atoms with E-state index in [1.54, 1.807) is 6.92 Å². The van der Waals surface area contributed by atoms with Crippen molar-refractivity contribution in [1.29, 1.82) is 0 Å². The Kier molecular flexibility index (Phi) is 5.88. The summed E-state index contributed by atoms with van der Waals surface area (Å²) in [6.45, 7) is 4.60. The topological polar surface area (TPSA) is 75.6 Å². The third-order valence-corrected chi connectivity index (χ3v) is 1.29. The molecule has 0 spiro atoms. The monoisotopic (exact) mass is 189 g/mol. The number of carbonyl (C=O) groups excluding carboxylic acids is 1. The quantitative estimate of drug-likeness (QED) is 0.577. The fraction of sp³-hybridized carbons (Fsp3) is 0.750. The van der Waals surface area contributed by atoms with E-state index in [1.165, 1.54) is 0 Å². The van der Waals surface area contributed by atoms with Gasteiger partial charge in [0.1, 0.15) is 6.42 Å². The highest BCUT2D eigenvalue weighted by Crippen LogP contribution is 1.87. The van der Waals surface area contributed by atoms with E-state index in [-0.39, 0.29) is 6.04 Å². The lowest BCUT2D eigenvalue weighted by Gasteiger charge is -2.12. The summed E-state index contributed by atoms with van der Waals surface area (Å²) in [6, 6.07) is -0.146. The molecule has 0 saturated heterocycles. The molecule has 0 aliphatic rings. The zero-order chi connectivity index (χ0) is 10.3. The molecule has 0 bridgehead atoms. The molecule has 0 fully saturated rings. The number of ether oxygens (including phenoxy) is 1. The molecule has 0 radical (unpaired) electrons. The first-order valence-corrected chi connectivity index (χ1v) is 4.15. The maximum atomic E-state index is 10.9. The molecule has 2 N–H and O–H groups in total. The predicted molar refractivity (Wildman–Crippen MR) is 46.4 cm³/mol. The van der Waals surface area contributed by atoms with Gasteiger partial charge in [-0.3, -0.25) is 9.59 Å². The Hall–Kier alpha value is -1.10. The summed E-state index contributed by atoms with van der Waals surface area (Å²) in [5.41, 5.74) is 0. The number of rotatable bonds is 6. The van der Waals surface area contributed by atoms with E-state index in [1.807, 2.05) is 6.92 Å². The summed E-state index contributed by atoms with van der Waals surface area (Å²) in [6.07, 6.45) is -0.490. The van der Waals surface area contributed by atoms with Gasteiger partial charge in [-0.15, -0.1) is 0 Å². The average Bonchev–Trinajstić information content (AvgIpc) is 1.98. The predicted octanol–water partition coefficient (Wildman–Crippen LogP) is 0.00230. The van der Waals surface area contributed by atoms with Crippen molar-refractivity contribution in [2.24, 2.45) is 0 Å². The number of carbonyl (C=O) groups is 2. The molecule has 0 aliphatic carbocycles. The van der Waals surface area contributed by atoms with Crippen LogP contribution in [0.5, 0.6) is 0 Å². The van der Waals surface area contributed by atoms with Gasteiger partial charge in [-0.05, 0) is 13.8 Å². The van der Waals surface area contributed by atoms with Gasteiger partial charge in [0, 0.05) is 12.6 Å². The Morgan fingerprint density at radius 2 is 2.15 bits per heavy atom. The van der Waals surface area contributed by atoms with Gasteiger partial charge in [0.05, 0.1) is 6.61 Å². The van der Waals surface area contributed by atoms with Gasteiger partial charge in [0.2, 0.25) is 5.91 Å². The maximum Gasteiger partial charge on any atom is 0.312 e. The van der Waals surface area contributed by atoms with Crippen LogP contribution in [-0.4, -0.2) is 36.2 Å². The Bertz CT molecular complexity index is 181.